The zero-order chi connectivity index (χ0) is 21.0. The van der Waals surface area contributed by atoms with Gasteiger partial charge in [-0.1, -0.05) is 35.7 Å². The number of phenolic OH excluding ortho intramolecular Hbond substituents is 1. The van der Waals surface area contributed by atoms with Crippen LogP contribution in [-0.2, 0) is 7.05 Å². The van der Waals surface area contributed by atoms with E-state index in [0.29, 0.717) is 11.3 Å². The molecule has 3 N–H and O–H groups in total. The Morgan fingerprint density at radius 1 is 1.24 bits per heavy atom. The highest BCUT2D eigenvalue weighted by Gasteiger charge is 2.23. The molecule has 3 aromatic rings. The van der Waals surface area contributed by atoms with Crippen molar-refractivity contribution in [3.8, 4) is 17.6 Å². The van der Waals surface area contributed by atoms with Crippen molar-refractivity contribution >= 4 is 5.91 Å². The van der Waals surface area contributed by atoms with Crippen molar-refractivity contribution in [3.05, 3.63) is 82.4 Å². The van der Waals surface area contributed by atoms with Crippen molar-refractivity contribution in [2.75, 3.05) is 6.61 Å². The van der Waals surface area contributed by atoms with Crippen LogP contribution in [0.5, 0.6) is 5.75 Å². The minimum absolute atomic E-state index is 0.114. The number of aromatic nitrogens is 2. The molecule has 0 aliphatic carbocycles. The average molecular weight is 393 g/mol. The first-order valence-corrected chi connectivity index (χ1v) is 8.88. The van der Waals surface area contributed by atoms with E-state index in [9.17, 15) is 14.3 Å². The number of nitrogens with one attached hydrogen (secondary N) is 1. The van der Waals surface area contributed by atoms with Crippen LogP contribution in [-0.4, -0.2) is 32.5 Å². The first kappa shape index (κ1) is 20.1. The molecular weight excluding hydrogens is 373 g/mol. The molecule has 1 unspecified atom stereocenters. The molecule has 1 aromatic heterocycles. The minimum atomic E-state index is -0.784. The van der Waals surface area contributed by atoms with Crippen molar-refractivity contribution in [2.45, 2.75) is 13.0 Å². The van der Waals surface area contributed by atoms with Gasteiger partial charge >= 0.3 is 0 Å². The maximum Gasteiger partial charge on any atom is 0.272 e. The summed E-state index contributed by atoms with van der Waals surface area (Å²) in [5.41, 5.74) is 2.52. The van der Waals surface area contributed by atoms with Gasteiger partial charge in [-0.15, -0.1) is 0 Å². The zero-order valence-electron chi connectivity index (χ0n) is 16.0. The molecule has 3 rings (SSSR count). The van der Waals surface area contributed by atoms with E-state index in [4.69, 9.17) is 5.11 Å². The number of amides is 1. The van der Waals surface area contributed by atoms with Crippen LogP contribution in [0.1, 0.15) is 38.9 Å². The van der Waals surface area contributed by atoms with Crippen LogP contribution in [0.15, 0.2) is 48.5 Å². The lowest BCUT2D eigenvalue weighted by molar-refractivity contribution is 0.0937. The molecule has 0 aliphatic heterocycles. The number of hydrogen-bond donors (Lipinski definition) is 3. The van der Waals surface area contributed by atoms with E-state index in [2.05, 4.69) is 22.3 Å². The maximum atomic E-state index is 13.8. The molecular formula is C22H20FN3O3. The molecule has 2 aromatic carbocycles. The van der Waals surface area contributed by atoms with E-state index in [0.717, 1.165) is 11.6 Å². The lowest BCUT2D eigenvalue weighted by atomic mass is 9.96. The number of phenols is 1. The number of rotatable bonds is 4. The molecule has 0 bridgehead atoms. The summed E-state index contributed by atoms with van der Waals surface area (Å²) in [6.07, 6.45) is 0. The summed E-state index contributed by atoms with van der Waals surface area (Å²) in [4.78, 5) is 12.8. The molecule has 0 fully saturated rings. The normalized spacial score (nSPS) is 11.4. The van der Waals surface area contributed by atoms with E-state index in [1.54, 1.807) is 19.2 Å². The summed E-state index contributed by atoms with van der Waals surface area (Å²) in [5, 5.41) is 26.1. The highest BCUT2D eigenvalue weighted by atomic mass is 19.1. The molecule has 29 heavy (non-hydrogen) atoms. The van der Waals surface area contributed by atoms with Gasteiger partial charge in [-0.25, -0.2) is 4.39 Å². The molecule has 0 aliphatic rings. The van der Waals surface area contributed by atoms with Gasteiger partial charge in [0.25, 0.3) is 5.91 Å². The predicted octanol–water partition coefficient (Wildman–Crippen LogP) is 2.44. The Bertz CT molecular complexity index is 1090. The molecule has 6 nitrogen and oxygen atoms in total. The fraction of sp³-hybridized carbons (Fsp3) is 0.182. The molecule has 0 radical (unpaired) electrons. The van der Waals surface area contributed by atoms with Gasteiger partial charge in [0.2, 0.25) is 0 Å². The number of nitrogens with zero attached hydrogens (tertiary/aromatic N) is 2. The number of aliphatic hydroxyl groups excluding tert-OH is 1. The van der Waals surface area contributed by atoms with Crippen LogP contribution in [0, 0.1) is 24.6 Å². The molecule has 0 saturated carbocycles. The molecule has 0 saturated heterocycles. The number of hydrogen-bond acceptors (Lipinski definition) is 4. The second-order valence-electron chi connectivity index (χ2n) is 6.52. The molecule has 1 amide bonds. The minimum Gasteiger partial charge on any atom is -0.508 e. The Labute approximate surface area is 167 Å². The number of aryl methyl sites for hydroxylation is 2. The third-order valence-electron chi connectivity index (χ3n) is 4.39. The lowest BCUT2D eigenvalue weighted by Crippen LogP contribution is -2.30. The lowest BCUT2D eigenvalue weighted by Gasteiger charge is -2.20. The molecule has 7 heteroatoms. The first-order valence-electron chi connectivity index (χ1n) is 8.88. The Kier molecular flexibility index (Phi) is 5.96. The molecule has 0 spiro atoms. The monoisotopic (exact) mass is 393 g/mol. The standard InChI is InChI=1S/C22H20FN3O3/c1-14-5-7-15(8-6-14)21(18-12-16(23)9-10-20(18)28)24-22(29)19-13-17(4-3-11-27)26(2)25-19/h5-10,12-13,21,27-28H,11H2,1-2H3,(H,24,29). The van der Waals surface area contributed by atoms with Gasteiger partial charge in [-0.05, 0) is 36.6 Å². The van der Waals surface area contributed by atoms with Crippen molar-refractivity contribution < 1.29 is 19.4 Å². The molecule has 1 heterocycles. The Morgan fingerprint density at radius 2 is 1.97 bits per heavy atom. The van der Waals surface area contributed by atoms with Crippen molar-refractivity contribution in [2.24, 2.45) is 7.05 Å². The van der Waals surface area contributed by atoms with E-state index in [-0.39, 0.29) is 23.6 Å². The summed E-state index contributed by atoms with van der Waals surface area (Å²) < 4.78 is 15.3. The van der Waals surface area contributed by atoms with Crippen LogP contribution in [0.2, 0.25) is 0 Å². The van der Waals surface area contributed by atoms with Gasteiger partial charge in [-0.2, -0.15) is 5.10 Å². The fourth-order valence-corrected chi connectivity index (χ4v) is 2.89. The smallest absolute Gasteiger partial charge is 0.272 e. The van der Waals surface area contributed by atoms with Gasteiger partial charge in [0.05, 0.1) is 6.04 Å². The highest BCUT2D eigenvalue weighted by Crippen LogP contribution is 2.30. The Morgan fingerprint density at radius 3 is 2.66 bits per heavy atom. The van der Waals surface area contributed by atoms with Gasteiger partial charge in [0.15, 0.2) is 5.69 Å². The summed E-state index contributed by atoms with van der Waals surface area (Å²) in [7, 11) is 1.63. The predicted molar refractivity (Wildman–Crippen MR) is 106 cm³/mol. The number of aromatic hydroxyl groups is 1. The second-order valence-corrected chi connectivity index (χ2v) is 6.52. The summed E-state index contributed by atoms with van der Waals surface area (Å²) in [6, 6.07) is 11.7. The molecule has 148 valence electrons. The van der Waals surface area contributed by atoms with E-state index in [1.165, 1.54) is 22.9 Å². The van der Waals surface area contributed by atoms with E-state index >= 15 is 0 Å². The number of carbonyl (C=O) groups is 1. The van der Waals surface area contributed by atoms with Crippen LogP contribution in [0.3, 0.4) is 0 Å². The third-order valence-corrected chi connectivity index (χ3v) is 4.39. The highest BCUT2D eigenvalue weighted by molar-refractivity contribution is 5.93. The van der Waals surface area contributed by atoms with Crippen LogP contribution < -0.4 is 5.32 Å². The fourth-order valence-electron chi connectivity index (χ4n) is 2.89. The van der Waals surface area contributed by atoms with Crippen molar-refractivity contribution in [3.63, 3.8) is 0 Å². The summed E-state index contributed by atoms with van der Waals surface area (Å²) in [5.74, 6) is 4.05. The van der Waals surface area contributed by atoms with Crippen LogP contribution in [0.25, 0.3) is 0 Å². The second kappa shape index (κ2) is 8.59. The summed E-state index contributed by atoms with van der Waals surface area (Å²) in [6.45, 7) is 1.63. The van der Waals surface area contributed by atoms with Gasteiger partial charge in [0.1, 0.15) is 23.9 Å². The third kappa shape index (κ3) is 4.62. The topological polar surface area (TPSA) is 87.4 Å². The Balaban J connectivity index is 1.98. The average Bonchev–Trinajstić information content (AvgIpc) is 3.08. The van der Waals surface area contributed by atoms with Crippen LogP contribution >= 0.6 is 0 Å². The first-order chi connectivity index (χ1) is 13.9. The molecule has 1 atom stereocenters. The number of carbonyl (C=O) groups excluding carboxylic acids is 1. The van der Waals surface area contributed by atoms with E-state index < -0.39 is 17.8 Å². The van der Waals surface area contributed by atoms with Crippen molar-refractivity contribution in [1.29, 1.82) is 0 Å². The van der Waals surface area contributed by atoms with Gasteiger partial charge in [-0.3, -0.25) is 9.48 Å². The number of benzene rings is 2. The quantitative estimate of drug-likeness (QED) is 0.594. The van der Waals surface area contributed by atoms with Crippen molar-refractivity contribution in [1.82, 2.24) is 15.1 Å². The van der Waals surface area contributed by atoms with E-state index in [1.807, 2.05) is 19.1 Å². The SMILES string of the molecule is Cc1ccc(C(NC(=O)c2cc(C#CCO)n(C)n2)c2cc(F)ccc2O)cc1. The van der Waals surface area contributed by atoms with Crippen LogP contribution in [0.4, 0.5) is 4.39 Å². The zero-order valence-corrected chi connectivity index (χ0v) is 16.0. The number of halogens is 1. The van der Waals surface area contributed by atoms with Gasteiger partial charge in [0, 0.05) is 18.7 Å². The Hall–Kier alpha value is -3.63. The van der Waals surface area contributed by atoms with Gasteiger partial charge < -0.3 is 15.5 Å². The maximum absolute atomic E-state index is 13.8. The summed E-state index contributed by atoms with van der Waals surface area (Å²) >= 11 is 0. The largest absolute Gasteiger partial charge is 0.508 e. The number of aliphatic hydroxyl groups is 1.